The van der Waals surface area contributed by atoms with Gasteiger partial charge in [0.2, 0.25) is 0 Å². The number of carbonyl (C=O) groups is 1. The predicted molar refractivity (Wildman–Crippen MR) is 132 cm³/mol. The summed E-state index contributed by atoms with van der Waals surface area (Å²) in [5.74, 6) is -1.77. The van der Waals surface area contributed by atoms with E-state index in [1.54, 1.807) is 0 Å². The summed E-state index contributed by atoms with van der Waals surface area (Å²) in [6.07, 6.45) is -6.08. The van der Waals surface area contributed by atoms with Crippen LogP contribution in [0, 0.1) is 5.92 Å². The number of rotatable bonds is 8. The molecule has 0 spiro atoms. The zero-order valence-electron chi connectivity index (χ0n) is 20.9. The van der Waals surface area contributed by atoms with Gasteiger partial charge in [-0.1, -0.05) is 55.0 Å². The Morgan fingerprint density at radius 3 is 2.03 bits per heavy atom. The minimum absolute atomic E-state index is 0.151. The number of hydrogen-bond donors (Lipinski definition) is 1. The Labute approximate surface area is 222 Å². The van der Waals surface area contributed by atoms with Gasteiger partial charge in [-0.2, -0.15) is 26.3 Å². The van der Waals surface area contributed by atoms with Crippen LogP contribution in [0.3, 0.4) is 0 Å². The highest BCUT2D eigenvalue weighted by Gasteiger charge is 2.40. The van der Waals surface area contributed by atoms with E-state index in [9.17, 15) is 36.2 Å². The molecule has 1 aliphatic carbocycles. The van der Waals surface area contributed by atoms with Crippen molar-refractivity contribution in [2.45, 2.75) is 63.1 Å². The molecule has 1 aromatic heterocycles. The van der Waals surface area contributed by atoms with Crippen molar-refractivity contribution < 1.29 is 36.2 Å². The van der Waals surface area contributed by atoms with E-state index in [0.717, 1.165) is 23.8 Å². The van der Waals surface area contributed by atoms with Gasteiger partial charge in [-0.3, -0.25) is 14.7 Å². The monoisotopic (exact) mass is 550 g/mol. The van der Waals surface area contributed by atoms with Gasteiger partial charge in [0.25, 0.3) is 0 Å². The molecule has 1 heterocycles. The van der Waals surface area contributed by atoms with Crippen molar-refractivity contribution in [3.63, 3.8) is 0 Å². The fourth-order valence-corrected chi connectivity index (χ4v) is 5.53. The number of aliphatic carboxylic acids is 1. The number of halogens is 6. The van der Waals surface area contributed by atoms with Crippen LogP contribution < -0.4 is 0 Å². The molecule has 1 aliphatic rings. The van der Waals surface area contributed by atoms with Crippen molar-refractivity contribution in [1.29, 1.82) is 0 Å². The molecule has 3 atom stereocenters. The maximum Gasteiger partial charge on any atom is 0.433 e. The van der Waals surface area contributed by atoms with E-state index in [1.807, 2.05) is 30.3 Å². The third-order valence-electron chi connectivity index (χ3n) is 7.26. The fourth-order valence-electron chi connectivity index (χ4n) is 5.53. The van der Waals surface area contributed by atoms with Crippen LogP contribution in [0.4, 0.5) is 26.3 Å². The first-order valence-electron chi connectivity index (χ1n) is 12.6. The maximum atomic E-state index is 13.2. The van der Waals surface area contributed by atoms with Gasteiger partial charge in [0.05, 0.1) is 5.56 Å². The molecule has 1 N–H and O–H groups in total. The Morgan fingerprint density at radius 2 is 1.49 bits per heavy atom. The molecule has 4 rings (SSSR count). The second-order valence-corrected chi connectivity index (χ2v) is 9.94. The van der Waals surface area contributed by atoms with Gasteiger partial charge >= 0.3 is 18.3 Å². The molecule has 0 amide bonds. The van der Waals surface area contributed by atoms with Gasteiger partial charge in [0, 0.05) is 37.7 Å². The molecule has 208 valence electrons. The molecule has 0 aliphatic heterocycles. The second kappa shape index (κ2) is 11.8. The molecule has 0 unspecified atom stereocenters. The van der Waals surface area contributed by atoms with E-state index < -0.39 is 35.5 Å². The van der Waals surface area contributed by atoms with E-state index in [0.29, 0.717) is 36.9 Å². The predicted octanol–water partition coefficient (Wildman–Crippen LogP) is 7.55. The van der Waals surface area contributed by atoms with Gasteiger partial charge in [-0.05, 0) is 53.6 Å². The minimum atomic E-state index is -4.60. The molecule has 1 saturated carbocycles. The highest BCUT2D eigenvalue weighted by molar-refractivity contribution is 5.67. The number of carboxylic acid groups (broad SMARTS) is 1. The van der Waals surface area contributed by atoms with E-state index >= 15 is 0 Å². The molecular formula is C29H28F6N2O2. The molecular weight excluding hydrogens is 522 g/mol. The van der Waals surface area contributed by atoms with Crippen molar-refractivity contribution in [2.24, 2.45) is 5.92 Å². The summed E-state index contributed by atoms with van der Waals surface area (Å²) in [7, 11) is 0. The number of alkyl halides is 6. The number of benzene rings is 2. The Kier molecular flexibility index (Phi) is 8.64. The van der Waals surface area contributed by atoms with Crippen molar-refractivity contribution >= 4 is 5.97 Å². The first kappa shape index (κ1) is 28.6. The van der Waals surface area contributed by atoms with E-state index in [1.165, 1.54) is 24.4 Å². The first-order valence-corrected chi connectivity index (χ1v) is 12.6. The lowest BCUT2D eigenvalue weighted by atomic mass is 9.70. The molecule has 3 aromatic rings. The topological polar surface area (TPSA) is 53.4 Å². The van der Waals surface area contributed by atoms with E-state index in [-0.39, 0.29) is 24.9 Å². The summed E-state index contributed by atoms with van der Waals surface area (Å²) in [6, 6.07) is 16.4. The second-order valence-electron chi connectivity index (χ2n) is 9.94. The van der Waals surface area contributed by atoms with Crippen LogP contribution in [0.2, 0.25) is 0 Å². The summed E-state index contributed by atoms with van der Waals surface area (Å²) in [5, 5.41) is 9.60. The van der Waals surface area contributed by atoms with Gasteiger partial charge in [0.1, 0.15) is 5.69 Å². The molecule has 1 fully saturated rings. The fraction of sp³-hybridized carbons (Fsp3) is 0.379. The first-order chi connectivity index (χ1) is 18.4. The lowest BCUT2D eigenvalue weighted by Gasteiger charge is -2.44. The standard InChI is InChI=1S/C29H28F6N2O2/c30-28(31,32)23-12-9-20(10-13-23)18-37(17-19-5-2-1-3-6-19)24-8-4-7-21(15-26(38)39)27(24)22-11-14-25(36-16-22)29(33,34)35/h1-3,5-6,9-14,16,21,24,27H,4,7-8,15,17-18H2,(H,38,39)/t21-,24-,27+/m1/s1. The Morgan fingerprint density at radius 1 is 0.846 bits per heavy atom. The molecule has 0 bridgehead atoms. The average molecular weight is 551 g/mol. The van der Waals surface area contributed by atoms with Crippen LogP contribution in [0.5, 0.6) is 0 Å². The summed E-state index contributed by atoms with van der Waals surface area (Å²) >= 11 is 0. The lowest BCUT2D eigenvalue weighted by Crippen LogP contribution is -2.44. The number of nitrogens with zero attached hydrogens (tertiary/aromatic N) is 2. The van der Waals surface area contributed by atoms with Crippen molar-refractivity contribution in [1.82, 2.24) is 9.88 Å². The molecule has 2 aromatic carbocycles. The van der Waals surface area contributed by atoms with Crippen molar-refractivity contribution in [3.05, 3.63) is 101 Å². The SMILES string of the molecule is O=C(O)C[C@H]1CCC[C@@H](N(Cc2ccccc2)Cc2ccc(C(F)(F)F)cc2)[C@@H]1c1ccc(C(F)(F)F)nc1. The zero-order chi connectivity index (χ0) is 28.2. The molecule has 0 saturated heterocycles. The highest BCUT2D eigenvalue weighted by Crippen LogP contribution is 2.43. The van der Waals surface area contributed by atoms with Crippen LogP contribution in [0.25, 0.3) is 0 Å². The zero-order valence-corrected chi connectivity index (χ0v) is 20.9. The maximum absolute atomic E-state index is 13.2. The highest BCUT2D eigenvalue weighted by atomic mass is 19.4. The average Bonchev–Trinajstić information content (AvgIpc) is 2.88. The van der Waals surface area contributed by atoms with Crippen LogP contribution >= 0.6 is 0 Å². The number of aromatic nitrogens is 1. The van der Waals surface area contributed by atoms with E-state index in [2.05, 4.69) is 9.88 Å². The Bertz CT molecular complexity index is 1230. The third kappa shape index (κ3) is 7.38. The minimum Gasteiger partial charge on any atom is -0.481 e. The summed E-state index contributed by atoms with van der Waals surface area (Å²) in [6.45, 7) is 0.707. The van der Waals surface area contributed by atoms with Gasteiger partial charge in [-0.15, -0.1) is 0 Å². The van der Waals surface area contributed by atoms with Crippen LogP contribution in [0.15, 0.2) is 72.9 Å². The Hall–Kier alpha value is -3.40. The Balaban J connectivity index is 1.72. The summed E-state index contributed by atoms with van der Waals surface area (Å²) in [4.78, 5) is 17.5. The number of hydrogen-bond acceptors (Lipinski definition) is 3. The lowest BCUT2D eigenvalue weighted by molar-refractivity contribution is -0.141. The molecule has 39 heavy (non-hydrogen) atoms. The largest absolute Gasteiger partial charge is 0.481 e. The van der Waals surface area contributed by atoms with Crippen LogP contribution in [-0.2, 0) is 30.2 Å². The van der Waals surface area contributed by atoms with Crippen molar-refractivity contribution in [3.8, 4) is 0 Å². The van der Waals surface area contributed by atoms with E-state index in [4.69, 9.17) is 0 Å². The normalized spacial score (nSPS) is 20.2. The van der Waals surface area contributed by atoms with Crippen molar-refractivity contribution in [2.75, 3.05) is 0 Å². The summed E-state index contributed by atoms with van der Waals surface area (Å²) in [5.41, 5.74) is 0.329. The van der Waals surface area contributed by atoms with Gasteiger partial charge < -0.3 is 5.11 Å². The molecule has 0 radical (unpaired) electrons. The summed E-state index contributed by atoms with van der Waals surface area (Å²) < 4.78 is 78.9. The van der Waals surface area contributed by atoms with Crippen LogP contribution in [-0.4, -0.2) is 27.0 Å². The third-order valence-corrected chi connectivity index (χ3v) is 7.26. The van der Waals surface area contributed by atoms with Gasteiger partial charge in [0.15, 0.2) is 0 Å². The van der Waals surface area contributed by atoms with Gasteiger partial charge in [-0.25, -0.2) is 0 Å². The smallest absolute Gasteiger partial charge is 0.433 e. The molecule has 10 heteroatoms. The number of carboxylic acids is 1. The number of pyridine rings is 1. The quantitative estimate of drug-likeness (QED) is 0.294. The molecule has 4 nitrogen and oxygen atoms in total. The van der Waals surface area contributed by atoms with Crippen LogP contribution in [0.1, 0.15) is 59.5 Å².